The van der Waals surface area contributed by atoms with Crippen molar-refractivity contribution in [2.75, 3.05) is 5.32 Å². The van der Waals surface area contributed by atoms with Crippen LogP contribution in [-0.2, 0) is 6.54 Å². The summed E-state index contributed by atoms with van der Waals surface area (Å²) in [6, 6.07) is 3.17. The van der Waals surface area contributed by atoms with Crippen molar-refractivity contribution in [1.29, 1.82) is 0 Å². The normalized spacial score (nSPS) is 10.1. The van der Waals surface area contributed by atoms with E-state index in [1.165, 1.54) is 22.9 Å². The zero-order valence-electron chi connectivity index (χ0n) is 9.66. The van der Waals surface area contributed by atoms with Gasteiger partial charge in [-0.3, -0.25) is 4.79 Å². The summed E-state index contributed by atoms with van der Waals surface area (Å²) in [6.07, 6.45) is 1.53. The highest BCUT2D eigenvalue weighted by molar-refractivity contribution is 7.09. The zero-order valence-corrected chi connectivity index (χ0v) is 10.5. The summed E-state index contributed by atoms with van der Waals surface area (Å²) in [5.41, 5.74) is 5.49. The molecule has 1 amide bonds. The fraction of sp³-hybridized carbons (Fsp3) is 0.0909. The number of nitrogens with zero attached hydrogens (tertiary/aromatic N) is 2. The molecule has 0 aliphatic heterocycles. The van der Waals surface area contributed by atoms with Gasteiger partial charge in [0.25, 0.3) is 5.91 Å². The van der Waals surface area contributed by atoms with Crippen LogP contribution in [0.15, 0.2) is 23.7 Å². The van der Waals surface area contributed by atoms with Gasteiger partial charge in [0, 0.05) is 11.6 Å². The maximum Gasteiger partial charge on any atom is 0.355 e. The minimum atomic E-state index is -1.07. The van der Waals surface area contributed by atoms with Gasteiger partial charge in [-0.15, -0.1) is 11.3 Å². The van der Waals surface area contributed by atoms with E-state index in [1.807, 2.05) is 0 Å². The number of carboxylic acids is 1. The van der Waals surface area contributed by atoms with Crippen LogP contribution in [0, 0.1) is 0 Å². The maximum absolute atomic E-state index is 11.2. The lowest BCUT2D eigenvalue weighted by molar-refractivity contribution is 0.0691. The Labute approximate surface area is 112 Å². The molecular weight excluding hydrogens is 268 g/mol. The molecule has 0 fully saturated rings. The van der Waals surface area contributed by atoms with Gasteiger partial charge in [-0.05, 0) is 12.1 Å². The first-order valence-electron chi connectivity index (χ1n) is 5.24. The summed E-state index contributed by atoms with van der Waals surface area (Å²) in [4.78, 5) is 29.8. The van der Waals surface area contributed by atoms with E-state index in [9.17, 15) is 9.59 Å². The van der Waals surface area contributed by atoms with Crippen molar-refractivity contribution in [2.24, 2.45) is 5.73 Å². The van der Waals surface area contributed by atoms with Crippen LogP contribution in [-0.4, -0.2) is 27.0 Å². The highest BCUT2D eigenvalue weighted by Gasteiger charge is 2.11. The van der Waals surface area contributed by atoms with Crippen LogP contribution >= 0.6 is 11.3 Å². The molecule has 0 bridgehead atoms. The molecule has 0 aromatic carbocycles. The fourth-order valence-electron chi connectivity index (χ4n) is 1.39. The molecule has 0 spiro atoms. The lowest BCUT2D eigenvalue weighted by Gasteiger charge is -2.06. The van der Waals surface area contributed by atoms with E-state index in [1.54, 1.807) is 12.1 Å². The van der Waals surface area contributed by atoms with E-state index >= 15 is 0 Å². The van der Waals surface area contributed by atoms with Crippen molar-refractivity contribution in [3.05, 3.63) is 40.0 Å². The summed E-state index contributed by atoms with van der Waals surface area (Å²) in [5, 5.41) is 13.7. The molecule has 0 saturated heterocycles. The summed E-state index contributed by atoms with van der Waals surface area (Å²) in [6.45, 7) is 0.273. The average molecular weight is 278 g/mol. The van der Waals surface area contributed by atoms with Gasteiger partial charge in [-0.2, -0.15) is 0 Å². The van der Waals surface area contributed by atoms with Gasteiger partial charge in [0.1, 0.15) is 10.8 Å². The highest BCUT2D eigenvalue weighted by atomic mass is 32.1. The molecule has 0 saturated carbocycles. The minimum absolute atomic E-state index is 0.00190. The summed E-state index contributed by atoms with van der Waals surface area (Å²) < 4.78 is 0. The SMILES string of the molecule is NC(=O)c1cccnc1NCc1nc(C(=O)O)cs1. The Morgan fingerprint density at radius 3 is 2.89 bits per heavy atom. The van der Waals surface area contributed by atoms with Gasteiger partial charge >= 0.3 is 5.97 Å². The standard InChI is InChI=1S/C11H10N4O3S/c12-9(16)6-2-1-3-13-10(6)14-4-8-15-7(5-19-8)11(17)18/h1-3,5H,4H2,(H2,12,16)(H,13,14)(H,17,18). The molecule has 8 heteroatoms. The van der Waals surface area contributed by atoms with Crippen molar-refractivity contribution < 1.29 is 14.7 Å². The van der Waals surface area contributed by atoms with Gasteiger partial charge in [-0.1, -0.05) is 0 Å². The Kier molecular flexibility index (Phi) is 3.71. The third kappa shape index (κ3) is 3.05. The number of hydrogen-bond acceptors (Lipinski definition) is 6. The Bertz CT molecular complexity index is 626. The first-order valence-corrected chi connectivity index (χ1v) is 6.12. The summed E-state index contributed by atoms with van der Waals surface area (Å²) in [5.74, 6) is -1.30. The third-order valence-corrected chi connectivity index (χ3v) is 3.10. The van der Waals surface area contributed by atoms with Gasteiger partial charge in [0.2, 0.25) is 0 Å². The van der Waals surface area contributed by atoms with Crippen LogP contribution in [0.1, 0.15) is 25.9 Å². The van der Waals surface area contributed by atoms with Crippen LogP contribution in [0.4, 0.5) is 5.82 Å². The number of nitrogens with one attached hydrogen (secondary N) is 1. The number of pyridine rings is 1. The minimum Gasteiger partial charge on any atom is -0.476 e. The second-order valence-corrected chi connectivity index (χ2v) is 4.49. The number of aromatic carboxylic acids is 1. The zero-order chi connectivity index (χ0) is 13.8. The molecule has 2 rings (SSSR count). The number of carboxylic acid groups (broad SMARTS) is 1. The van der Waals surface area contributed by atoms with Crippen LogP contribution in [0.5, 0.6) is 0 Å². The van der Waals surface area contributed by atoms with Crippen molar-refractivity contribution in [2.45, 2.75) is 6.54 Å². The third-order valence-electron chi connectivity index (χ3n) is 2.25. The average Bonchev–Trinajstić information content (AvgIpc) is 2.85. The number of primary amides is 1. The number of carbonyl (C=O) groups excluding carboxylic acids is 1. The van der Waals surface area contributed by atoms with Crippen molar-refractivity contribution >= 4 is 29.0 Å². The molecule has 4 N–H and O–H groups in total. The Balaban J connectivity index is 2.10. The number of thiazole rings is 1. The summed E-state index contributed by atoms with van der Waals surface area (Å²) in [7, 11) is 0. The smallest absolute Gasteiger partial charge is 0.355 e. The van der Waals surface area contributed by atoms with E-state index in [0.29, 0.717) is 10.8 Å². The largest absolute Gasteiger partial charge is 0.476 e. The van der Waals surface area contributed by atoms with Gasteiger partial charge in [0.15, 0.2) is 5.69 Å². The van der Waals surface area contributed by atoms with Crippen LogP contribution in [0.2, 0.25) is 0 Å². The van der Waals surface area contributed by atoms with Gasteiger partial charge in [0.05, 0.1) is 12.1 Å². The van der Waals surface area contributed by atoms with E-state index in [-0.39, 0.29) is 17.8 Å². The van der Waals surface area contributed by atoms with Crippen molar-refractivity contribution in [3.63, 3.8) is 0 Å². The molecule has 0 unspecified atom stereocenters. The van der Waals surface area contributed by atoms with E-state index in [2.05, 4.69) is 15.3 Å². The maximum atomic E-state index is 11.2. The second kappa shape index (κ2) is 5.44. The lowest BCUT2D eigenvalue weighted by Crippen LogP contribution is -2.15. The molecule has 7 nitrogen and oxygen atoms in total. The van der Waals surface area contributed by atoms with E-state index in [0.717, 1.165) is 0 Å². The first kappa shape index (κ1) is 13.0. The van der Waals surface area contributed by atoms with Gasteiger partial charge < -0.3 is 16.2 Å². The van der Waals surface area contributed by atoms with Crippen LogP contribution < -0.4 is 11.1 Å². The monoisotopic (exact) mass is 278 g/mol. The van der Waals surface area contributed by atoms with Crippen LogP contribution in [0.25, 0.3) is 0 Å². The Hall–Kier alpha value is -2.48. The van der Waals surface area contributed by atoms with Gasteiger partial charge in [-0.25, -0.2) is 14.8 Å². The number of rotatable bonds is 5. The molecule has 0 aliphatic carbocycles. The second-order valence-electron chi connectivity index (χ2n) is 3.55. The highest BCUT2D eigenvalue weighted by Crippen LogP contribution is 2.14. The first-order chi connectivity index (χ1) is 9.08. The quantitative estimate of drug-likeness (QED) is 0.749. The molecule has 0 aliphatic rings. The molecule has 2 heterocycles. The molecular formula is C11H10N4O3S. The van der Waals surface area contributed by atoms with E-state index in [4.69, 9.17) is 10.8 Å². The van der Waals surface area contributed by atoms with Crippen LogP contribution in [0.3, 0.4) is 0 Å². The number of carbonyl (C=O) groups is 2. The number of amides is 1. The van der Waals surface area contributed by atoms with Crippen molar-refractivity contribution in [3.8, 4) is 0 Å². The fourth-order valence-corrected chi connectivity index (χ4v) is 2.10. The van der Waals surface area contributed by atoms with Crippen molar-refractivity contribution in [1.82, 2.24) is 9.97 Å². The molecule has 2 aromatic heterocycles. The number of anilines is 1. The molecule has 19 heavy (non-hydrogen) atoms. The predicted molar refractivity (Wildman–Crippen MR) is 69.2 cm³/mol. The lowest BCUT2D eigenvalue weighted by atomic mass is 10.2. The number of nitrogens with two attached hydrogens (primary N) is 1. The molecule has 2 aromatic rings. The van der Waals surface area contributed by atoms with E-state index < -0.39 is 11.9 Å². The molecule has 0 radical (unpaired) electrons. The molecule has 0 atom stereocenters. The topological polar surface area (TPSA) is 118 Å². The number of hydrogen-bond donors (Lipinski definition) is 3. The Morgan fingerprint density at radius 2 is 2.26 bits per heavy atom. The Morgan fingerprint density at radius 1 is 1.47 bits per heavy atom. The molecule has 98 valence electrons. The number of aromatic nitrogens is 2. The summed E-state index contributed by atoms with van der Waals surface area (Å²) >= 11 is 1.21. The predicted octanol–water partition coefficient (Wildman–Crippen LogP) is 0.947.